The van der Waals surface area contributed by atoms with Crippen molar-refractivity contribution in [3.8, 4) is 11.5 Å². The van der Waals surface area contributed by atoms with Gasteiger partial charge in [0.1, 0.15) is 6.61 Å². The van der Waals surface area contributed by atoms with Gasteiger partial charge in [-0.2, -0.15) is 0 Å². The van der Waals surface area contributed by atoms with Gasteiger partial charge in [0.25, 0.3) is 0 Å². The summed E-state index contributed by atoms with van der Waals surface area (Å²) in [6.45, 7) is 4.20. The maximum absolute atomic E-state index is 11.9. The van der Waals surface area contributed by atoms with E-state index in [1.807, 2.05) is 25.1 Å². The summed E-state index contributed by atoms with van der Waals surface area (Å²) in [5, 5.41) is 3.08. The van der Waals surface area contributed by atoms with Gasteiger partial charge >= 0.3 is 0 Å². The molecule has 6 heteroatoms. The maximum Gasteiger partial charge on any atom is 0.161 e. The van der Waals surface area contributed by atoms with E-state index in [9.17, 15) is 8.42 Å². The van der Waals surface area contributed by atoms with Crippen LogP contribution in [0.3, 0.4) is 0 Å². The molecule has 112 valence electrons. The fourth-order valence-corrected chi connectivity index (χ4v) is 3.49. The lowest BCUT2D eigenvalue weighted by Crippen LogP contribution is -2.46. The monoisotopic (exact) mass is 299 g/mol. The number of para-hydroxylation sites is 2. The largest absolute Gasteiger partial charge is 0.490 e. The summed E-state index contributed by atoms with van der Waals surface area (Å²) < 4.78 is 34.8. The van der Waals surface area contributed by atoms with Gasteiger partial charge in [0.05, 0.1) is 18.1 Å². The average Bonchev–Trinajstić information content (AvgIpc) is 2.36. The van der Waals surface area contributed by atoms with E-state index in [2.05, 4.69) is 5.32 Å². The molecule has 0 bridgehead atoms. The molecule has 0 spiro atoms. The van der Waals surface area contributed by atoms with E-state index in [4.69, 9.17) is 9.47 Å². The first-order valence-corrected chi connectivity index (χ1v) is 8.68. The molecule has 2 rings (SSSR count). The summed E-state index contributed by atoms with van der Waals surface area (Å²) in [6.07, 6.45) is 0. The van der Waals surface area contributed by atoms with E-state index in [1.165, 1.54) is 0 Å². The highest BCUT2D eigenvalue weighted by atomic mass is 32.2. The standard InChI is InChI=1S/C14H21NO4S/c1-2-18-13-5-3-4-6-14(13)19-7-8-20(16,17)11-12-9-15-10-12/h3-6,12,15H,2,7-11H2,1H3. The van der Waals surface area contributed by atoms with Crippen LogP contribution in [0.25, 0.3) is 0 Å². The fraction of sp³-hybridized carbons (Fsp3) is 0.571. The molecule has 1 fully saturated rings. The van der Waals surface area contributed by atoms with E-state index < -0.39 is 9.84 Å². The van der Waals surface area contributed by atoms with Crippen molar-refractivity contribution in [1.82, 2.24) is 5.32 Å². The van der Waals surface area contributed by atoms with Gasteiger partial charge in [-0.1, -0.05) is 12.1 Å². The molecule has 20 heavy (non-hydrogen) atoms. The molecule has 0 aromatic heterocycles. The van der Waals surface area contributed by atoms with Crippen molar-refractivity contribution >= 4 is 9.84 Å². The molecule has 1 aliphatic heterocycles. The second-order valence-corrected chi connectivity index (χ2v) is 7.10. The molecule has 1 saturated heterocycles. The summed E-state index contributed by atoms with van der Waals surface area (Å²) in [7, 11) is -3.04. The molecule has 0 saturated carbocycles. The topological polar surface area (TPSA) is 64.6 Å². The predicted octanol–water partition coefficient (Wildman–Crippen LogP) is 1.10. The molecule has 0 aliphatic carbocycles. The van der Waals surface area contributed by atoms with Crippen LogP contribution in [0.4, 0.5) is 0 Å². The molecule has 0 atom stereocenters. The third kappa shape index (κ3) is 4.38. The van der Waals surface area contributed by atoms with Crippen molar-refractivity contribution in [3.05, 3.63) is 24.3 Å². The minimum absolute atomic E-state index is 0.0456. The lowest BCUT2D eigenvalue weighted by molar-refractivity contribution is 0.288. The Hall–Kier alpha value is -1.27. The smallest absolute Gasteiger partial charge is 0.161 e. The average molecular weight is 299 g/mol. The Morgan fingerprint density at radius 2 is 1.85 bits per heavy atom. The molecule has 0 unspecified atom stereocenters. The second-order valence-electron chi connectivity index (χ2n) is 4.87. The first-order chi connectivity index (χ1) is 9.61. The van der Waals surface area contributed by atoms with E-state index in [1.54, 1.807) is 6.07 Å². The minimum Gasteiger partial charge on any atom is -0.490 e. The molecular weight excluding hydrogens is 278 g/mol. The Labute approximate surface area is 120 Å². The van der Waals surface area contributed by atoms with Crippen molar-refractivity contribution in [1.29, 1.82) is 0 Å². The Morgan fingerprint density at radius 1 is 1.20 bits per heavy atom. The zero-order valence-corrected chi connectivity index (χ0v) is 12.5. The molecule has 1 N–H and O–H groups in total. The van der Waals surface area contributed by atoms with Crippen molar-refractivity contribution in [2.45, 2.75) is 6.92 Å². The van der Waals surface area contributed by atoms with Crippen LogP contribution in [0.15, 0.2) is 24.3 Å². The molecule has 5 nitrogen and oxygen atoms in total. The van der Waals surface area contributed by atoms with Crippen molar-refractivity contribution in [2.75, 3.05) is 37.8 Å². The summed E-state index contributed by atoms with van der Waals surface area (Å²) in [6, 6.07) is 7.30. The zero-order chi connectivity index (χ0) is 14.4. The predicted molar refractivity (Wildman–Crippen MR) is 78.1 cm³/mol. The van der Waals surface area contributed by atoms with Crippen LogP contribution >= 0.6 is 0 Å². The summed E-state index contributed by atoms with van der Waals surface area (Å²) in [5.74, 6) is 1.79. The number of nitrogens with one attached hydrogen (secondary N) is 1. The Morgan fingerprint density at radius 3 is 2.40 bits per heavy atom. The van der Waals surface area contributed by atoms with Crippen LogP contribution in [-0.4, -0.2) is 46.2 Å². The van der Waals surface area contributed by atoms with Gasteiger partial charge in [-0.3, -0.25) is 0 Å². The van der Waals surface area contributed by atoms with Gasteiger partial charge in [0.15, 0.2) is 21.3 Å². The van der Waals surface area contributed by atoms with Crippen LogP contribution in [-0.2, 0) is 9.84 Å². The maximum atomic E-state index is 11.9. The number of hydrogen-bond acceptors (Lipinski definition) is 5. The van der Waals surface area contributed by atoms with Crippen LogP contribution in [0, 0.1) is 5.92 Å². The third-order valence-corrected chi connectivity index (χ3v) is 4.92. The second kappa shape index (κ2) is 6.95. The van der Waals surface area contributed by atoms with Crippen LogP contribution < -0.4 is 14.8 Å². The quantitative estimate of drug-likeness (QED) is 0.778. The van der Waals surface area contributed by atoms with Crippen molar-refractivity contribution < 1.29 is 17.9 Å². The molecule has 1 aliphatic rings. The van der Waals surface area contributed by atoms with Crippen LogP contribution in [0.2, 0.25) is 0 Å². The normalized spacial score (nSPS) is 15.7. The van der Waals surface area contributed by atoms with Gasteiger partial charge in [0.2, 0.25) is 0 Å². The SMILES string of the molecule is CCOc1ccccc1OCCS(=O)(=O)CC1CNC1. The molecule has 0 amide bonds. The van der Waals surface area contributed by atoms with E-state index in [0.717, 1.165) is 13.1 Å². The van der Waals surface area contributed by atoms with E-state index in [0.29, 0.717) is 18.1 Å². The minimum atomic E-state index is -3.04. The summed E-state index contributed by atoms with van der Waals surface area (Å²) >= 11 is 0. The first-order valence-electron chi connectivity index (χ1n) is 6.86. The lowest BCUT2D eigenvalue weighted by atomic mass is 10.1. The highest BCUT2D eigenvalue weighted by Gasteiger charge is 2.24. The van der Waals surface area contributed by atoms with Crippen molar-refractivity contribution in [3.63, 3.8) is 0 Å². The van der Waals surface area contributed by atoms with E-state index >= 15 is 0 Å². The molecule has 1 aromatic carbocycles. The number of ether oxygens (including phenoxy) is 2. The number of benzene rings is 1. The molecule has 1 aromatic rings. The first kappa shape index (κ1) is 15.1. The van der Waals surface area contributed by atoms with Gasteiger partial charge in [-0.25, -0.2) is 8.42 Å². The van der Waals surface area contributed by atoms with Crippen LogP contribution in [0.5, 0.6) is 11.5 Å². The Balaban J connectivity index is 1.82. The van der Waals surface area contributed by atoms with Gasteiger partial charge < -0.3 is 14.8 Å². The van der Waals surface area contributed by atoms with Gasteiger partial charge in [0, 0.05) is 13.1 Å². The lowest BCUT2D eigenvalue weighted by Gasteiger charge is -2.26. The number of rotatable bonds is 8. The molecule has 0 radical (unpaired) electrons. The Bertz CT molecular complexity index is 526. The van der Waals surface area contributed by atoms with Gasteiger partial charge in [-0.15, -0.1) is 0 Å². The Kier molecular flexibility index (Phi) is 5.25. The molecule has 1 heterocycles. The van der Waals surface area contributed by atoms with Gasteiger partial charge in [-0.05, 0) is 25.0 Å². The van der Waals surface area contributed by atoms with Crippen LogP contribution in [0.1, 0.15) is 6.92 Å². The number of sulfone groups is 1. The van der Waals surface area contributed by atoms with E-state index in [-0.39, 0.29) is 24.0 Å². The highest BCUT2D eigenvalue weighted by Crippen LogP contribution is 2.26. The molecular formula is C14H21NO4S. The fourth-order valence-electron chi connectivity index (χ4n) is 2.03. The van der Waals surface area contributed by atoms with Crippen molar-refractivity contribution in [2.24, 2.45) is 5.92 Å². The zero-order valence-electron chi connectivity index (χ0n) is 11.7. The summed E-state index contributed by atoms with van der Waals surface area (Å²) in [4.78, 5) is 0. The highest BCUT2D eigenvalue weighted by molar-refractivity contribution is 7.91. The third-order valence-electron chi connectivity index (χ3n) is 3.16. The summed E-state index contributed by atoms with van der Waals surface area (Å²) in [5.41, 5.74) is 0. The number of hydrogen-bond donors (Lipinski definition) is 1.